The van der Waals surface area contributed by atoms with E-state index in [1.54, 1.807) is 6.92 Å². The van der Waals surface area contributed by atoms with Gasteiger partial charge in [0.2, 0.25) is 11.8 Å². The summed E-state index contributed by atoms with van der Waals surface area (Å²) in [6.07, 6.45) is -2.98. The summed E-state index contributed by atoms with van der Waals surface area (Å²) in [6.45, 7) is 1.79. The Labute approximate surface area is 167 Å². The number of rotatable bonds is 3. The molecule has 2 amide bonds. The normalized spacial score (nSPS) is 34.1. The molecule has 5 nitrogen and oxygen atoms in total. The van der Waals surface area contributed by atoms with Gasteiger partial charge in [-0.15, -0.1) is 0 Å². The second-order valence-electron chi connectivity index (χ2n) is 7.73. The van der Waals surface area contributed by atoms with E-state index in [2.05, 4.69) is 15.9 Å². The van der Waals surface area contributed by atoms with Crippen molar-refractivity contribution in [1.29, 1.82) is 5.26 Å². The van der Waals surface area contributed by atoms with E-state index in [9.17, 15) is 22.8 Å². The molecule has 0 saturated carbocycles. The van der Waals surface area contributed by atoms with Gasteiger partial charge in [-0.2, -0.15) is 18.4 Å². The molecule has 3 aliphatic rings. The Balaban J connectivity index is 1.79. The van der Waals surface area contributed by atoms with Crippen molar-refractivity contribution in [3.63, 3.8) is 0 Å². The van der Waals surface area contributed by atoms with Gasteiger partial charge in [-0.3, -0.25) is 9.59 Å². The minimum atomic E-state index is -4.77. The predicted molar refractivity (Wildman–Crippen MR) is 95.5 cm³/mol. The number of carbonyl (C=O) groups excluding carboxylic acids is 2. The zero-order chi connectivity index (χ0) is 20.5. The van der Waals surface area contributed by atoms with Gasteiger partial charge >= 0.3 is 6.18 Å². The van der Waals surface area contributed by atoms with E-state index in [0.717, 1.165) is 11.0 Å². The fourth-order valence-electron chi connectivity index (χ4n) is 5.03. The van der Waals surface area contributed by atoms with E-state index in [1.807, 2.05) is 0 Å². The Morgan fingerprint density at radius 3 is 2.57 bits per heavy atom. The SMILES string of the molecule is C[C@]12CC[C@](CCBr)(O1)[C@@H]1C(=O)N(c3ccc(C#N)c(C(F)(F)F)c3)C(=O)[C@@H]12. The molecule has 2 bridgehead atoms. The lowest BCUT2D eigenvalue weighted by molar-refractivity contribution is -0.138. The second kappa shape index (κ2) is 6.04. The minimum Gasteiger partial charge on any atom is -0.367 e. The van der Waals surface area contributed by atoms with Crippen LogP contribution in [-0.2, 0) is 20.5 Å². The van der Waals surface area contributed by atoms with Crippen molar-refractivity contribution in [2.75, 3.05) is 10.2 Å². The van der Waals surface area contributed by atoms with Crippen molar-refractivity contribution in [2.24, 2.45) is 11.8 Å². The van der Waals surface area contributed by atoms with Crippen molar-refractivity contribution in [2.45, 2.75) is 43.6 Å². The highest BCUT2D eigenvalue weighted by Gasteiger charge is 2.73. The van der Waals surface area contributed by atoms with E-state index in [4.69, 9.17) is 10.00 Å². The highest BCUT2D eigenvalue weighted by molar-refractivity contribution is 9.09. The number of halogens is 4. The maximum atomic E-state index is 13.3. The van der Waals surface area contributed by atoms with Gasteiger partial charge in [0.1, 0.15) is 0 Å². The monoisotopic (exact) mass is 456 g/mol. The van der Waals surface area contributed by atoms with Crippen LogP contribution >= 0.6 is 15.9 Å². The predicted octanol–water partition coefficient (Wildman–Crippen LogP) is 3.79. The topological polar surface area (TPSA) is 70.4 Å². The summed E-state index contributed by atoms with van der Waals surface area (Å²) in [5, 5.41) is 9.55. The van der Waals surface area contributed by atoms with Crippen LogP contribution in [0, 0.1) is 23.2 Å². The Morgan fingerprint density at radius 2 is 1.96 bits per heavy atom. The van der Waals surface area contributed by atoms with Gasteiger partial charge in [-0.25, -0.2) is 4.90 Å². The molecule has 0 unspecified atom stereocenters. The number of carbonyl (C=O) groups is 2. The maximum absolute atomic E-state index is 13.3. The number of imide groups is 1. The molecular formula is C19H16BrF3N2O3. The summed E-state index contributed by atoms with van der Waals surface area (Å²) in [4.78, 5) is 27.2. The van der Waals surface area contributed by atoms with Gasteiger partial charge in [0.05, 0.1) is 45.9 Å². The number of hydrogen-bond donors (Lipinski definition) is 0. The Bertz CT molecular complexity index is 924. The Hall–Kier alpha value is -1.92. The van der Waals surface area contributed by atoms with Crippen molar-refractivity contribution < 1.29 is 27.5 Å². The van der Waals surface area contributed by atoms with E-state index in [0.29, 0.717) is 30.7 Å². The summed E-state index contributed by atoms with van der Waals surface area (Å²) in [7, 11) is 0. The smallest absolute Gasteiger partial charge is 0.367 e. The molecule has 3 heterocycles. The molecule has 3 saturated heterocycles. The first-order valence-electron chi connectivity index (χ1n) is 8.83. The average molecular weight is 457 g/mol. The first-order chi connectivity index (χ1) is 13.1. The Morgan fingerprint density at radius 1 is 1.29 bits per heavy atom. The zero-order valence-electron chi connectivity index (χ0n) is 14.8. The fourth-order valence-corrected chi connectivity index (χ4v) is 5.70. The first kappa shape index (κ1) is 19.4. The quantitative estimate of drug-likeness (QED) is 0.512. The molecule has 0 spiro atoms. The first-order valence-corrected chi connectivity index (χ1v) is 9.95. The summed E-state index contributed by atoms with van der Waals surface area (Å²) in [5.41, 5.74) is -3.45. The number of ether oxygens (including phenoxy) is 1. The summed E-state index contributed by atoms with van der Waals surface area (Å²) < 4.78 is 46.1. The van der Waals surface area contributed by atoms with E-state index >= 15 is 0 Å². The zero-order valence-corrected chi connectivity index (χ0v) is 16.4. The third kappa shape index (κ3) is 2.47. The van der Waals surface area contributed by atoms with Crippen LogP contribution in [0.4, 0.5) is 18.9 Å². The van der Waals surface area contributed by atoms with Gasteiger partial charge < -0.3 is 4.74 Å². The summed E-state index contributed by atoms with van der Waals surface area (Å²) >= 11 is 3.37. The van der Waals surface area contributed by atoms with Crippen LogP contribution in [-0.4, -0.2) is 28.3 Å². The van der Waals surface area contributed by atoms with Crippen LogP contribution in [0.25, 0.3) is 0 Å². The largest absolute Gasteiger partial charge is 0.417 e. The molecule has 0 aliphatic carbocycles. The van der Waals surface area contributed by atoms with Crippen LogP contribution < -0.4 is 4.90 Å². The van der Waals surface area contributed by atoms with Crippen LogP contribution in [0.1, 0.15) is 37.3 Å². The lowest BCUT2D eigenvalue weighted by Crippen LogP contribution is -2.42. The number of alkyl halides is 4. The number of fused-ring (bicyclic) bond motifs is 5. The molecule has 3 aliphatic heterocycles. The molecule has 1 aromatic carbocycles. The van der Waals surface area contributed by atoms with Gasteiger partial charge in [0, 0.05) is 5.33 Å². The van der Waals surface area contributed by atoms with Gasteiger partial charge in [0.25, 0.3) is 0 Å². The maximum Gasteiger partial charge on any atom is 0.417 e. The number of nitriles is 1. The number of benzene rings is 1. The standard InChI is InChI=1S/C19H16BrF3N2O3/c1-17-4-5-18(28-17,6-7-20)14-13(17)15(26)25(16(14)27)11-3-2-10(9-24)12(8-11)19(21,22)23/h2-3,8,13-14H,4-7H2,1H3/t13-,14+,17-,18-/m1/s1. The van der Waals surface area contributed by atoms with Crippen LogP contribution in [0.3, 0.4) is 0 Å². The number of nitrogens with zero attached hydrogens (tertiary/aromatic N) is 2. The third-order valence-electron chi connectivity index (χ3n) is 6.22. The molecular weight excluding hydrogens is 441 g/mol. The number of amides is 2. The lowest BCUT2D eigenvalue weighted by atomic mass is 9.67. The molecule has 0 aromatic heterocycles. The Kier molecular flexibility index (Phi) is 4.18. The average Bonchev–Trinajstić information content (AvgIpc) is 3.19. The van der Waals surface area contributed by atoms with Crippen molar-refractivity contribution in [3.8, 4) is 6.07 Å². The van der Waals surface area contributed by atoms with Crippen molar-refractivity contribution in [1.82, 2.24) is 0 Å². The minimum absolute atomic E-state index is 0.160. The summed E-state index contributed by atoms with van der Waals surface area (Å²) in [5.74, 6) is -2.48. The molecule has 4 atom stereocenters. The van der Waals surface area contributed by atoms with Gasteiger partial charge in [0.15, 0.2) is 0 Å². The van der Waals surface area contributed by atoms with E-state index in [-0.39, 0.29) is 5.69 Å². The second-order valence-corrected chi connectivity index (χ2v) is 8.52. The molecule has 4 rings (SSSR count). The van der Waals surface area contributed by atoms with Crippen LogP contribution in [0.5, 0.6) is 0 Å². The number of anilines is 1. The third-order valence-corrected chi connectivity index (χ3v) is 6.61. The van der Waals surface area contributed by atoms with Crippen molar-refractivity contribution in [3.05, 3.63) is 29.3 Å². The van der Waals surface area contributed by atoms with Gasteiger partial charge in [-0.1, -0.05) is 15.9 Å². The molecule has 9 heteroatoms. The van der Waals surface area contributed by atoms with Crippen molar-refractivity contribution >= 4 is 33.4 Å². The van der Waals surface area contributed by atoms with Crippen LogP contribution in [0.15, 0.2) is 18.2 Å². The highest BCUT2D eigenvalue weighted by atomic mass is 79.9. The fraction of sp³-hybridized carbons (Fsp3) is 0.526. The van der Waals surface area contributed by atoms with E-state index < -0.39 is 52.2 Å². The van der Waals surface area contributed by atoms with E-state index in [1.165, 1.54) is 12.1 Å². The number of hydrogen-bond acceptors (Lipinski definition) is 4. The molecule has 1 aromatic rings. The molecule has 0 radical (unpaired) electrons. The van der Waals surface area contributed by atoms with Gasteiger partial charge in [-0.05, 0) is 44.4 Å². The molecule has 148 valence electrons. The van der Waals surface area contributed by atoms with Crippen LogP contribution in [0.2, 0.25) is 0 Å². The molecule has 3 fully saturated rings. The molecule has 28 heavy (non-hydrogen) atoms. The summed E-state index contributed by atoms with van der Waals surface area (Å²) in [6, 6.07) is 4.42. The lowest BCUT2D eigenvalue weighted by Gasteiger charge is -2.30. The highest BCUT2D eigenvalue weighted by Crippen LogP contribution is 2.62. The molecule has 0 N–H and O–H groups in total.